The normalized spacial score (nSPS) is 12.0. The second kappa shape index (κ2) is 15.9. The number of hydrogen-bond acceptors (Lipinski definition) is 1. The van der Waals surface area contributed by atoms with Crippen LogP contribution in [-0.2, 0) is 53.8 Å². The molecule has 1 aliphatic heterocycles. The van der Waals surface area contributed by atoms with Crippen molar-refractivity contribution in [2.45, 2.75) is 0 Å². The van der Waals surface area contributed by atoms with Crippen molar-refractivity contribution in [3.8, 4) is 0 Å². The Balaban J connectivity index is -0.0000000200. The topological polar surface area (TPSA) is 12.0 Å². The van der Waals surface area contributed by atoms with Crippen molar-refractivity contribution in [1.82, 2.24) is 5.32 Å². The summed E-state index contributed by atoms with van der Waals surface area (Å²) in [5.41, 5.74) is 0. The summed E-state index contributed by atoms with van der Waals surface area (Å²) in [5, 5.41) is 3.06. The molecule has 0 atom stereocenters. The summed E-state index contributed by atoms with van der Waals surface area (Å²) in [4.78, 5) is 0. The number of rotatable bonds is 0. The van der Waals surface area contributed by atoms with Crippen LogP contribution < -0.4 is 5.32 Å². The predicted octanol–water partition coefficient (Wildman–Crippen LogP) is 0.689. The van der Waals surface area contributed by atoms with Gasteiger partial charge in [0.05, 0.1) is 0 Å². The van der Waals surface area contributed by atoms with Crippen molar-refractivity contribution in [2.75, 3.05) is 13.1 Å². The van der Waals surface area contributed by atoms with Gasteiger partial charge >= 0.3 is 21.1 Å². The van der Waals surface area contributed by atoms with Crippen LogP contribution >= 0.6 is 0 Å². The van der Waals surface area contributed by atoms with Crippen molar-refractivity contribution in [1.29, 1.82) is 0 Å². The summed E-state index contributed by atoms with van der Waals surface area (Å²) in [5.74, 6) is 0. The Morgan fingerprint density at radius 1 is 1.12 bits per heavy atom. The van der Waals surface area contributed by atoms with E-state index in [0.717, 1.165) is 13.1 Å². The summed E-state index contributed by atoms with van der Waals surface area (Å²) >= 11 is 0. The summed E-state index contributed by atoms with van der Waals surface area (Å²) in [7, 11) is 0. The molecule has 0 aliphatic carbocycles. The third-order valence-corrected chi connectivity index (χ3v) is 0.577. The van der Waals surface area contributed by atoms with Gasteiger partial charge in [-0.2, -0.15) is 0 Å². The van der Waals surface area contributed by atoms with Gasteiger partial charge in [-0.1, -0.05) is 0 Å². The molecule has 3 heteroatoms. The Kier molecular flexibility index (Phi) is 44.9. The van der Waals surface area contributed by atoms with Crippen molar-refractivity contribution in [2.24, 2.45) is 0 Å². The van der Waals surface area contributed by atoms with Crippen LogP contribution in [0.15, 0.2) is 0 Å². The fourth-order valence-corrected chi connectivity index (χ4v) is 0.144. The first-order chi connectivity index (χ1) is 2.00. The standard InChI is InChI=1S/C3H6N.2CH3.W.Y/c1-2-4-3-1;;;;/h1,4H,2-3H2;2*1H3;;/q3*-1;+2;. The quantitative estimate of drug-likeness (QED) is 0.628. The Bertz CT molecular complexity index is 20.4. The first kappa shape index (κ1) is 22.6. The monoisotopic (exact) mass is 359 g/mol. The number of nitrogens with one attached hydrogen (secondary N) is 1. The van der Waals surface area contributed by atoms with E-state index in [1.165, 1.54) is 0 Å². The Morgan fingerprint density at radius 3 is 1.25 bits per heavy atom. The van der Waals surface area contributed by atoms with E-state index in [1.54, 1.807) is 0 Å². The molecule has 47 valence electrons. The van der Waals surface area contributed by atoms with E-state index in [4.69, 9.17) is 0 Å². The molecule has 1 rings (SSSR count). The fourth-order valence-electron chi connectivity index (χ4n) is 0.144. The molecule has 8 heavy (non-hydrogen) atoms. The van der Waals surface area contributed by atoms with Crippen molar-refractivity contribution < 1.29 is 53.8 Å². The maximum atomic E-state index is 3.06. The van der Waals surface area contributed by atoms with Gasteiger partial charge in [-0.15, -0.1) is 13.1 Å². The minimum atomic E-state index is 0. The van der Waals surface area contributed by atoms with Gasteiger partial charge in [-0.25, -0.2) is 0 Å². The zero-order valence-electron chi connectivity index (χ0n) is 5.48. The van der Waals surface area contributed by atoms with Crippen LogP contribution in [0.3, 0.4) is 0 Å². The molecule has 1 radical (unpaired) electrons. The van der Waals surface area contributed by atoms with Gasteiger partial charge in [0.15, 0.2) is 0 Å². The van der Waals surface area contributed by atoms with Crippen LogP contribution in [0.1, 0.15) is 0 Å². The van der Waals surface area contributed by atoms with E-state index in [9.17, 15) is 0 Å². The second-order valence-electron chi connectivity index (χ2n) is 0.947. The van der Waals surface area contributed by atoms with E-state index in [2.05, 4.69) is 11.7 Å². The zero-order valence-corrected chi connectivity index (χ0v) is 11.2. The van der Waals surface area contributed by atoms with Gasteiger partial charge in [0.2, 0.25) is 0 Å². The fraction of sp³-hybridized carbons (Fsp3) is 0.400. The summed E-state index contributed by atoms with van der Waals surface area (Å²) in [6.45, 7) is 2.25. The minimum Gasteiger partial charge on any atom is -0.376 e. The zero-order chi connectivity index (χ0) is 2.83. The van der Waals surface area contributed by atoms with Gasteiger partial charge in [0, 0.05) is 32.7 Å². The molecule has 0 amide bonds. The average Bonchev–Trinajstić information content (AvgIpc) is 0.722. The Labute approximate surface area is 92.5 Å². The Morgan fingerprint density at radius 2 is 1.25 bits per heavy atom. The van der Waals surface area contributed by atoms with E-state index in [-0.39, 0.29) is 68.6 Å². The molecular weight excluding hydrogens is 347 g/mol. The van der Waals surface area contributed by atoms with Crippen molar-refractivity contribution in [3.63, 3.8) is 0 Å². The SMILES string of the molecule is [CH-]1CNC1.[CH3-].[CH3-].[W+2].[Y]. The van der Waals surface area contributed by atoms with Crippen LogP contribution in [0, 0.1) is 21.3 Å². The van der Waals surface area contributed by atoms with E-state index < -0.39 is 0 Å². The molecule has 0 spiro atoms. The molecule has 1 saturated heterocycles. The van der Waals surface area contributed by atoms with Gasteiger partial charge in [-0.3, -0.25) is 0 Å². The summed E-state index contributed by atoms with van der Waals surface area (Å²) in [6.07, 6.45) is 2.19. The molecule has 1 aliphatic rings. The first-order valence-electron chi connectivity index (χ1n) is 1.52. The molecule has 0 aromatic rings. The molecule has 0 unspecified atom stereocenters. The smallest absolute Gasteiger partial charge is 0.376 e. The van der Waals surface area contributed by atoms with Crippen molar-refractivity contribution in [3.05, 3.63) is 21.3 Å². The molecule has 0 saturated carbocycles. The maximum Gasteiger partial charge on any atom is 2.00 e. The van der Waals surface area contributed by atoms with Crippen LogP contribution in [-0.4, -0.2) is 13.1 Å². The van der Waals surface area contributed by atoms with Gasteiger partial charge < -0.3 is 26.6 Å². The van der Waals surface area contributed by atoms with E-state index >= 15 is 0 Å². The van der Waals surface area contributed by atoms with E-state index in [1.807, 2.05) is 0 Å². The van der Waals surface area contributed by atoms with Gasteiger partial charge in [0.1, 0.15) is 0 Å². The minimum absolute atomic E-state index is 0. The van der Waals surface area contributed by atoms with Crippen LogP contribution in [0.25, 0.3) is 0 Å². The molecule has 0 aromatic carbocycles. The molecule has 1 fully saturated rings. The van der Waals surface area contributed by atoms with Crippen LogP contribution in [0.5, 0.6) is 0 Å². The third kappa shape index (κ3) is 10.7. The molecule has 0 bridgehead atoms. The van der Waals surface area contributed by atoms with Crippen molar-refractivity contribution >= 4 is 0 Å². The molecular formula is C5H12NWY-. The second-order valence-corrected chi connectivity index (χ2v) is 0.947. The van der Waals surface area contributed by atoms with Gasteiger partial charge in [-0.05, 0) is 0 Å². The summed E-state index contributed by atoms with van der Waals surface area (Å²) in [6, 6.07) is 0. The molecule has 0 aromatic heterocycles. The van der Waals surface area contributed by atoms with E-state index in [0.29, 0.717) is 0 Å². The van der Waals surface area contributed by atoms with Crippen LogP contribution in [0.4, 0.5) is 0 Å². The molecule has 1 N–H and O–H groups in total. The summed E-state index contributed by atoms with van der Waals surface area (Å²) < 4.78 is 0. The first-order valence-corrected chi connectivity index (χ1v) is 1.52. The predicted molar refractivity (Wildman–Crippen MR) is 30.0 cm³/mol. The molecule has 1 nitrogen and oxygen atoms in total. The van der Waals surface area contributed by atoms with Crippen LogP contribution in [0.2, 0.25) is 0 Å². The maximum absolute atomic E-state index is 3.06. The number of hydrogen-bond donors (Lipinski definition) is 1. The average molecular weight is 359 g/mol. The Hall–Kier alpha value is 1.75. The third-order valence-electron chi connectivity index (χ3n) is 0.577. The van der Waals surface area contributed by atoms with Gasteiger partial charge in [0.25, 0.3) is 0 Å². The largest absolute Gasteiger partial charge is 2.00 e. The molecule has 1 heterocycles.